The number of hydrogen-bond donors (Lipinski definition) is 2. The second-order valence-electron chi connectivity index (χ2n) is 4.89. The fourth-order valence-electron chi connectivity index (χ4n) is 1.54. The van der Waals surface area contributed by atoms with E-state index in [1.54, 1.807) is 0 Å². The minimum absolute atomic E-state index is 0.0562. The third-order valence-electron chi connectivity index (χ3n) is 2.48. The van der Waals surface area contributed by atoms with Gasteiger partial charge in [0, 0.05) is 6.54 Å². The first-order valence-electron chi connectivity index (χ1n) is 6.35. The van der Waals surface area contributed by atoms with Crippen LogP contribution in [-0.4, -0.2) is 35.8 Å². The number of nitro benzene ring substituents is 1. The molecule has 0 saturated carbocycles. The van der Waals surface area contributed by atoms with Crippen LogP contribution in [0.5, 0.6) is 5.75 Å². The third-order valence-corrected chi connectivity index (χ3v) is 2.48. The van der Waals surface area contributed by atoms with Crippen LogP contribution in [0.15, 0.2) is 18.2 Å². The highest BCUT2D eigenvalue weighted by atomic mass is 19.1. The Labute approximate surface area is 116 Å². The van der Waals surface area contributed by atoms with Crippen molar-refractivity contribution in [2.45, 2.75) is 20.0 Å². The van der Waals surface area contributed by atoms with Gasteiger partial charge >= 0.3 is 5.69 Å². The van der Waals surface area contributed by atoms with E-state index in [0.717, 1.165) is 18.7 Å². The first kappa shape index (κ1) is 16.3. The van der Waals surface area contributed by atoms with E-state index in [-0.39, 0.29) is 12.4 Å². The van der Waals surface area contributed by atoms with E-state index in [0.29, 0.717) is 12.5 Å². The molecule has 0 heterocycles. The summed E-state index contributed by atoms with van der Waals surface area (Å²) < 4.78 is 18.1. The van der Waals surface area contributed by atoms with Gasteiger partial charge in [0.15, 0.2) is 5.75 Å². The number of aliphatic hydroxyl groups is 1. The van der Waals surface area contributed by atoms with Gasteiger partial charge in [0.2, 0.25) is 0 Å². The molecule has 1 rings (SSSR count). The normalized spacial score (nSPS) is 12.4. The van der Waals surface area contributed by atoms with Crippen LogP contribution in [0.2, 0.25) is 0 Å². The summed E-state index contributed by atoms with van der Waals surface area (Å²) in [6.45, 7) is 5.06. The van der Waals surface area contributed by atoms with E-state index in [1.807, 2.05) is 13.8 Å². The molecule has 2 N–H and O–H groups in total. The summed E-state index contributed by atoms with van der Waals surface area (Å²) in [5.41, 5.74) is -0.452. The van der Waals surface area contributed by atoms with Gasteiger partial charge in [-0.25, -0.2) is 4.39 Å². The summed E-state index contributed by atoms with van der Waals surface area (Å²) in [5, 5.41) is 23.5. The Kier molecular flexibility index (Phi) is 6.33. The molecular weight excluding hydrogens is 267 g/mol. The van der Waals surface area contributed by atoms with Crippen LogP contribution in [0.3, 0.4) is 0 Å². The molecule has 0 aliphatic carbocycles. The molecule has 0 aliphatic rings. The van der Waals surface area contributed by atoms with Crippen molar-refractivity contribution in [3.63, 3.8) is 0 Å². The van der Waals surface area contributed by atoms with Gasteiger partial charge in [-0.3, -0.25) is 10.1 Å². The topological polar surface area (TPSA) is 84.6 Å². The lowest BCUT2D eigenvalue weighted by Gasteiger charge is -2.14. The summed E-state index contributed by atoms with van der Waals surface area (Å²) in [6.07, 6.45) is -0.793. The SMILES string of the molecule is CC(C)CNCC(O)COc1ccc(F)cc1[N+](=O)[O-]. The second-order valence-corrected chi connectivity index (χ2v) is 4.89. The maximum atomic E-state index is 12.9. The predicted molar refractivity (Wildman–Crippen MR) is 72.3 cm³/mol. The Balaban J connectivity index is 2.51. The molecule has 0 amide bonds. The minimum atomic E-state index is -0.793. The van der Waals surface area contributed by atoms with Gasteiger partial charge in [0.1, 0.15) is 18.5 Å². The van der Waals surface area contributed by atoms with Gasteiger partial charge in [0.25, 0.3) is 0 Å². The monoisotopic (exact) mass is 286 g/mol. The number of nitro groups is 1. The quantitative estimate of drug-likeness (QED) is 0.561. The lowest BCUT2D eigenvalue weighted by Crippen LogP contribution is -2.33. The molecule has 0 aliphatic heterocycles. The van der Waals surface area contributed by atoms with Crippen molar-refractivity contribution in [1.29, 1.82) is 0 Å². The lowest BCUT2D eigenvalue weighted by molar-refractivity contribution is -0.386. The average molecular weight is 286 g/mol. The summed E-state index contributed by atoms with van der Waals surface area (Å²) in [7, 11) is 0. The van der Waals surface area contributed by atoms with Gasteiger partial charge in [-0.15, -0.1) is 0 Å². The number of nitrogens with zero attached hydrogens (tertiary/aromatic N) is 1. The number of rotatable bonds is 8. The van der Waals surface area contributed by atoms with Crippen LogP contribution in [0.25, 0.3) is 0 Å². The molecule has 6 nitrogen and oxygen atoms in total. The molecule has 112 valence electrons. The van der Waals surface area contributed by atoms with Gasteiger partial charge < -0.3 is 15.2 Å². The fraction of sp³-hybridized carbons (Fsp3) is 0.538. The van der Waals surface area contributed by atoms with Crippen molar-refractivity contribution in [2.75, 3.05) is 19.7 Å². The summed E-state index contributed by atoms with van der Waals surface area (Å²) in [5.74, 6) is -0.302. The molecule has 20 heavy (non-hydrogen) atoms. The van der Waals surface area contributed by atoms with E-state index in [1.165, 1.54) is 6.07 Å². The zero-order chi connectivity index (χ0) is 15.1. The van der Waals surface area contributed by atoms with Crippen LogP contribution in [0.4, 0.5) is 10.1 Å². The zero-order valence-electron chi connectivity index (χ0n) is 11.5. The predicted octanol–water partition coefficient (Wildman–Crippen LogP) is 1.72. The highest BCUT2D eigenvalue weighted by molar-refractivity contribution is 5.46. The van der Waals surface area contributed by atoms with E-state index in [9.17, 15) is 19.6 Å². The number of benzene rings is 1. The standard InChI is InChI=1S/C13H19FN2O4/c1-9(2)6-15-7-11(17)8-20-13-4-3-10(14)5-12(13)16(18)19/h3-5,9,11,15,17H,6-8H2,1-2H3. The molecule has 0 aromatic heterocycles. The summed E-state index contributed by atoms with van der Waals surface area (Å²) in [6, 6.07) is 3.05. The van der Waals surface area contributed by atoms with Crippen LogP contribution in [0, 0.1) is 21.8 Å². The first-order chi connectivity index (χ1) is 9.40. The molecule has 1 aromatic carbocycles. The number of aliphatic hydroxyl groups excluding tert-OH is 1. The van der Waals surface area contributed by atoms with Crippen LogP contribution in [-0.2, 0) is 0 Å². The molecule has 7 heteroatoms. The van der Waals surface area contributed by atoms with Crippen molar-refractivity contribution in [1.82, 2.24) is 5.32 Å². The van der Waals surface area contributed by atoms with Crippen LogP contribution < -0.4 is 10.1 Å². The Morgan fingerprint density at radius 1 is 1.45 bits per heavy atom. The number of halogens is 1. The molecule has 0 fully saturated rings. The van der Waals surface area contributed by atoms with Crippen molar-refractivity contribution < 1.29 is 19.2 Å². The van der Waals surface area contributed by atoms with E-state index in [4.69, 9.17) is 4.74 Å². The maximum absolute atomic E-state index is 12.9. The second kappa shape index (κ2) is 7.76. The fourth-order valence-corrected chi connectivity index (χ4v) is 1.54. The van der Waals surface area contributed by atoms with E-state index in [2.05, 4.69) is 5.32 Å². The molecule has 1 atom stereocenters. The number of ether oxygens (including phenoxy) is 1. The van der Waals surface area contributed by atoms with Gasteiger partial charge in [-0.2, -0.15) is 0 Å². The van der Waals surface area contributed by atoms with Crippen molar-refractivity contribution in [3.05, 3.63) is 34.1 Å². The number of nitrogens with one attached hydrogen (secondary N) is 1. The van der Waals surface area contributed by atoms with Gasteiger partial charge in [0.05, 0.1) is 11.0 Å². The van der Waals surface area contributed by atoms with E-state index >= 15 is 0 Å². The molecular formula is C13H19FN2O4. The Hall–Kier alpha value is -1.73. The largest absolute Gasteiger partial charge is 0.484 e. The van der Waals surface area contributed by atoms with Gasteiger partial charge in [-0.05, 0) is 24.6 Å². The molecule has 0 bridgehead atoms. The number of hydrogen-bond acceptors (Lipinski definition) is 5. The Bertz CT molecular complexity index is 454. The highest BCUT2D eigenvalue weighted by Gasteiger charge is 2.17. The zero-order valence-corrected chi connectivity index (χ0v) is 11.5. The molecule has 1 aromatic rings. The van der Waals surface area contributed by atoms with E-state index < -0.39 is 22.5 Å². The Morgan fingerprint density at radius 3 is 2.75 bits per heavy atom. The average Bonchev–Trinajstić information content (AvgIpc) is 2.36. The minimum Gasteiger partial charge on any atom is -0.484 e. The molecule has 0 spiro atoms. The maximum Gasteiger partial charge on any atom is 0.313 e. The summed E-state index contributed by atoms with van der Waals surface area (Å²) in [4.78, 5) is 10.0. The van der Waals surface area contributed by atoms with Crippen LogP contribution >= 0.6 is 0 Å². The first-order valence-corrected chi connectivity index (χ1v) is 6.35. The van der Waals surface area contributed by atoms with Crippen LogP contribution in [0.1, 0.15) is 13.8 Å². The van der Waals surface area contributed by atoms with Gasteiger partial charge in [-0.1, -0.05) is 13.8 Å². The van der Waals surface area contributed by atoms with Crippen molar-refractivity contribution in [2.24, 2.45) is 5.92 Å². The molecule has 1 unspecified atom stereocenters. The highest BCUT2D eigenvalue weighted by Crippen LogP contribution is 2.27. The molecule has 0 saturated heterocycles. The smallest absolute Gasteiger partial charge is 0.313 e. The Morgan fingerprint density at radius 2 is 2.15 bits per heavy atom. The van der Waals surface area contributed by atoms with Crippen molar-refractivity contribution >= 4 is 5.69 Å². The lowest BCUT2D eigenvalue weighted by atomic mass is 10.2. The van der Waals surface area contributed by atoms with Crippen molar-refractivity contribution in [3.8, 4) is 5.75 Å². The third kappa shape index (κ3) is 5.50. The summed E-state index contributed by atoms with van der Waals surface area (Å²) >= 11 is 0. The molecule has 0 radical (unpaired) electrons.